The van der Waals surface area contributed by atoms with Crippen molar-refractivity contribution in [2.45, 2.75) is 6.61 Å². The summed E-state index contributed by atoms with van der Waals surface area (Å²) >= 11 is 0. The normalized spacial score (nSPS) is 10.1. The van der Waals surface area contributed by atoms with Crippen molar-refractivity contribution in [3.63, 3.8) is 0 Å². The first-order valence-corrected chi connectivity index (χ1v) is 5.73. The van der Waals surface area contributed by atoms with E-state index in [1.165, 1.54) is 12.1 Å². The van der Waals surface area contributed by atoms with Gasteiger partial charge < -0.3 is 4.74 Å². The van der Waals surface area contributed by atoms with Crippen LogP contribution in [0.15, 0.2) is 49.2 Å². The predicted molar refractivity (Wildman–Crippen MR) is 71.0 cm³/mol. The summed E-state index contributed by atoms with van der Waals surface area (Å²) in [4.78, 5) is 13.8. The van der Waals surface area contributed by atoms with Gasteiger partial charge in [-0.1, -0.05) is 12.1 Å². The van der Waals surface area contributed by atoms with Gasteiger partial charge in [-0.2, -0.15) is 0 Å². The molecule has 0 bridgehead atoms. The largest absolute Gasteiger partial charge is 0.473 e. The number of ether oxygens (including phenoxy) is 1. The summed E-state index contributed by atoms with van der Waals surface area (Å²) in [7, 11) is 0. The molecule has 0 saturated heterocycles. The number of aromatic nitrogens is 1. The van der Waals surface area contributed by atoms with Crippen molar-refractivity contribution >= 4 is 5.70 Å². The van der Waals surface area contributed by atoms with Gasteiger partial charge in [-0.05, 0) is 30.3 Å². The number of halogens is 1. The minimum absolute atomic E-state index is 0.155. The Kier molecular flexibility index (Phi) is 4.05. The van der Waals surface area contributed by atoms with Gasteiger partial charge in [0.05, 0.1) is 16.7 Å². The van der Waals surface area contributed by atoms with Gasteiger partial charge in [0.2, 0.25) is 5.88 Å². The fourth-order valence-electron chi connectivity index (χ4n) is 1.50. The van der Waals surface area contributed by atoms with Crippen LogP contribution in [0.1, 0.15) is 11.1 Å². The Morgan fingerprint density at radius 2 is 2.00 bits per heavy atom. The molecule has 20 heavy (non-hydrogen) atoms. The molecule has 0 unspecified atom stereocenters. The number of rotatable bonds is 5. The zero-order chi connectivity index (χ0) is 14.5. The number of hydrogen-bond donors (Lipinski definition) is 0. The van der Waals surface area contributed by atoms with E-state index in [-0.39, 0.29) is 12.3 Å². The summed E-state index contributed by atoms with van der Waals surface area (Å²) in [5.74, 6) is -0.120. The zero-order valence-electron chi connectivity index (χ0n) is 10.5. The first kappa shape index (κ1) is 13.7. The van der Waals surface area contributed by atoms with E-state index in [2.05, 4.69) is 11.6 Å². The molecule has 0 atom stereocenters. The molecule has 102 valence electrons. The summed E-state index contributed by atoms with van der Waals surface area (Å²) < 4.78 is 18.0. The first-order valence-electron chi connectivity index (χ1n) is 5.73. The highest BCUT2D eigenvalue weighted by Crippen LogP contribution is 2.15. The Bertz CT molecular complexity index is 624. The fourth-order valence-corrected chi connectivity index (χ4v) is 1.50. The van der Waals surface area contributed by atoms with Crippen LogP contribution in [0.5, 0.6) is 5.88 Å². The first-order chi connectivity index (χ1) is 9.56. The molecule has 0 saturated carbocycles. The monoisotopic (exact) mass is 274 g/mol. The van der Waals surface area contributed by atoms with Gasteiger partial charge in [0, 0.05) is 6.07 Å². The molecule has 0 radical (unpaired) electrons. The Labute approximate surface area is 114 Å². The van der Waals surface area contributed by atoms with E-state index in [4.69, 9.17) is 4.74 Å². The molecule has 2 rings (SSSR count). The van der Waals surface area contributed by atoms with Crippen LogP contribution >= 0.6 is 0 Å². The van der Waals surface area contributed by atoms with Gasteiger partial charge in [-0.25, -0.2) is 9.37 Å². The van der Waals surface area contributed by atoms with Crippen molar-refractivity contribution in [2.24, 2.45) is 0 Å². The summed E-state index contributed by atoms with van der Waals surface area (Å²) in [5.41, 5.74) is 1.10. The minimum atomic E-state index is -0.534. The second kappa shape index (κ2) is 5.92. The minimum Gasteiger partial charge on any atom is -0.473 e. The smallest absolute Gasteiger partial charge is 0.269 e. The van der Waals surface area contributed by atoms with E-state index in [1.807, 2.05) is 0 Å². The van der Waals surface area contributed by atoms with Gasteiger partial charge in [-0.15, -0.1) is 0 Å². The van der Waals surface area contributed by atoms with Crippen LogP contribution < -0.4 is 4.74 Å². The summed E-state index contributed by atoms with van der Waals surface area (Å²) in [6.45, 7) is 3.62. The quantitative estimate of drug-likeness (QED) is 0.621. The van der Waals surface area contributed by atoms with Crippen LogP contribution in [-0.2, 0) is 6.61 Å². The molecule has 0 aliphatic carbocycles. The van der Waals surface area contributed by atoms with E-state index >= 15 is 0 Å². The number of hydrogen-bond acceptors (Lipinski definition) is 4. The van der Waals surface area contributed by atoms with Crippen molar-refractivity contribution in [3.05, 3.63) is 76.2 Å². The SMILES string of the molecule is C=C(c1ccc(COc2ccc(F)cn2)cc1)[N+](=O)[O-]. The molecule has 0 spiro atoms. The maximum absolute atomic E-state index is 12.7. The Morgan fingerprint density at radius 1 is 1.30 bits per heavy atom. The third-order valence-electron chi connectivity index (χ3n) is 2.59. The Balaban J connectivity index is 1.99. The summed E-state index contributed by atoms with van der Waals surface area (Å²) in [5, 5.41) is 10.6. The molecule has 0 N–H and O–H groups in total. The van der Waals surface area contributed by atoms with Crippen molar-refractivity contribution in [1.82, 2.24) is 4.98 Å². The van der Waals surface area contributed by atoms with Gasteiger partial charge in [0.1, 0.15) is 12.4 Å². The molecule has 6 heteroatoms. The lowest BCUT2D eigenvalue weighted by Gasteiger charge is -2.05. The molecule has 0 aliphatic heterocycles. The molecule has 1 heterocycles. The highest BCUT2D eigenvalue weighted by molar-refractivity contribution is 5.56. The van der Waals surface area contributed by atoms with E-state index in [9.17, 15) is 14.5 Å². The lowest BCUT2D eigenvalue weighted by Crippen LogP contribution is -1.99. The van der Waals surface area contributed by atoms with Crippen molar-refractivity contribution < 1.29 is 14.1 Å². The highest BCUT2D eigenvalue weighted by atomic mass is 19.1. The molecule has 5 nitrogen and oxygen atoms in total. The van der Waals surface area contributed by atoms with Crippen LogP contribution in [0.25, 0.3) is 5.70 Å². The van der Waals surface area contributed by atoms with E-state index in [0.717, 1.165) is 11.8 Å². The fraction of sp³-hybridized carbons (Fsp3) is 0.0714. The average Bonchev–Trinajstić information content (AvgIpc) is 2.46. The number of benzene rings is 1. The average molecular weight is 274 g/mol. The maximum atomic E-state index is 12.7. The van der Waals surface area contributed by atoms with Gasteiger partial charge >= 0.3 is 0 Å². The Hall–Kier alpha value is -2.76. The summed E-state index contributed by atoms with van der Waals surface area (Å²) in [6, 6.07) is 9.29. The van der Waals surface area contributed by atoms with E-state index in [0.29, 0.717) is 11.4 Å². The zero-order valence-corrected chi connectivity index (χ0v) is 10.5. The van der Waals surface area contributed by atoms with E-state index < -0.39 is 10.7 Å². The second-order valence-corrected chi connectivity index (χ2v) is 4.00. The topological polar surface area (TPSA) is 65.3 Å². The lowest BCUT2D eigenvalue weighted by atomic mass is 10.1. The summed E-state index contributed by atoms with van der Waals surface area (Å²) in [6.07, 6.45) is 1.07. The molecule has 0 fully saturated rings. The van der Waals surface area contributed by atoms with Crippen molar-refractivity contribution in [1.29, 1.82) is 0 Å². The predicted octanol–water partition coefficient (Wildman–Crippen LogP) is 3.05. The van der Waals surface area contributed by atoms with Crippen LogP contribution in [-0.4, -0.2) is 9.91 Å². The standard InChI is InChI=1S/C14H11FN2O3/c1-10(17(18)19)12-4-2-11(3-5-12)9-20-14-7-6-13(15)8-16-14/h2-8H,1,9H2. The lowest BCUT2D eigenvalue weighted by molar-refractivity contribution is -0.375. The molecule has 2 aromatic rings. The van der Waals surface area contributed by atoms with E-state index in [1.54, 1.807) is 24.3 Å². The molecular formula is C14H11FN2O3. The maximum Gasteiger partial charge on any atom is 0.269 e. The number of nitrogens with zero attached hydrogens (tertiary/aromatic N) is 2. The van der Waals surface area contributed by atoms with Crippen LogP contribution in [0, 0.1) is 15.9 Å². The molecule has 1 aromatic carbocycles. The third-order valence-corrected chi connectivity index (χ3v) is 2.59. The van der Waals surface area contributed by atoms with Crippen molar-refractivity contribution in [2.75, 3.05) is 0 Å². The van der Waals surface area contributed by atoms with Gasteiger partial charge in [0.25, 0.3) is 5.70 Å². The number of pyridine rings is 1. The highest BCUT2D eigenvalue weighted by Gasteiger charge is 2.09. The van der Waals surface area contributed by atoms with Crippen LogP contribution in [0.4, 0.5) is 4.39 Å². The Morgan fingerprint density at radius 3 is 2.55 bits per heavy atom. The number of nitro groups is 1. The van der Waals surface area contributed by atoms with Crippen LogP contribution in [0.3, 0.4) is 0 Å². The van der Waals surface area contributed by atoms with Gasteiger partial charge in [0.15, 0.2) is 0 Å². The molecule has 0 aliphatic rings. The third kappa shape index (κ3) is 3.38. The second-order valence-electron chi connectivity index (χ2n) is 4.00. The van der Waals surface area contributed by atoms with Crippen LogP contribution in [0.2, 0.25) is 0 Å². The molecule has 0 amide bonds. The molecular weight excluding hydrogens is 263 g/mol. The van der Waals surface area contributed by atoms with Gasteiger partial charge in [-0.3, -0.25) is 10.1 Å². The van der Waals surface area contributed by atoms with Crippen molar-refractivity contribution in [3.8, 4) is 5.88 Å². The molecule has 1 aromatic heterocycles.